The number of ether oxygens (including phenoxy) is 1. The molecule has 0 spiro atoms. The summed E-state index contributed by atoms with van der Waals surface area (Å²) in [5, 5.41) is 17.7. The Balaban J connectivity index is 2.44. The van der Waals surface area contributed by atoms with Gasteiger partial charge in [-0.25, -0.2) is 4.79 Å². The normalized spacial score (nSPS) is 10.3. The maximum Gasteiger partial charge on any atom is 0.339 e. The standard InChI is InChI=1S/C13H17IO4/c14-10-5-6-12(11(9-10)13(16)17)18-8-4-2-1-3-7-15/h5-6,9,15H,1-4,7-8H2,(H,16,17). The summed E-state index contributed by atoms with van der Waals surface area (Å²) >= 11 is 2.07. The van der Waals surface area contributed by atoms with Crippen LogP contribution in [-0.4, -0.2) is 29.4 Å². The van der Waals surface area contributed by atoms with Crippen molar-refractivity contribution in [3.05, 3.63) is 27.3 Å². The fourth-order valence-electron chi connectivity index (χ4n) is 1.54. The van der Waals surface area contributed by atoms with Crippen LogP contribution in [0.4, 0.5) is 0 Å². The number of unbranched alkanes of at least 4 members (excludes halogenated alkanes) is 3. The molecule has 18 heavy (non-hydrogen) atoms. The van der Waals surface area contributed by atoms with Crippen molar-refractivity contribution in [3.8, 4) is 5.75 Å². The predicted molar refractivity (Wildman–Crippen MR) is 77.2 cm³/mol. The summed E-state index contributed by atoms with van der Waals surface area (Å²) in [5.41, 5.74) is 0.206. The summed E-state index contributed by atoms with van der Waals surface area (Å²) in [4.78, 5) is 11.0. The van der Waals surface area contributed by atoms with E-state index in [1.807, 2.05) is 6.07 Å². The van der Waals surface area contributed by atoms with Crippen LogP contribution in [0.1, 0.15) is 36.0 Å². The van der Waals surface area contributed by atoms with Crippen LogP contribution in [0, 0.1) is 3.57 Å². The van der Waals surface area contributed by atoms with Crippen LogP contribution in [-0.2, 0) is 0 Å². The zero-order valence-electron chi connectivity index (χ0n) is 10.1. The quantitative estimate of drug-likeness (QED) is 0.550. The average Bonchev–Trinajstić information content (AvgIpc) is 2.35. The molecule has 1 aromatic carbocycles. The van der Waals surface area contributed by atoms with Gasteiger partial charge in [0.15, 0.2) is 0 Å². The molecule has 0 heterocycles. The number of carboxylic acid groups (broad SMARTS) is 1. The number of carbonyl (C=O) groups is 1. The molecule has 4 nitrogen and oxygen atoms in total. The highest BCUT2D eigenvalue weighted by Crippen LogP contribution is 2.21. The molecule has 1 rings (SSSR count). The van der Waals surface area contributed by atoms with E-state index in [1.54, 1.807) is 12.1 Å². The van der Waals surface area contributed by atoms with Crippen molar-refractivity contribution < 1.29 is 19.7 Å². The minimum Gasteiger partial charge on any atom is -0.493 e. The van der Waals surface area contributed by atoms with Gasteiger partial charge >= 0.3 is 5.97 Å². The van der Waals surface area contributed by atoms with Crippen molar-refractivity contribution >= 4 is 28.6 Å². The number of benzene rings is 1. The van der Waals surface area contributed by atoms with E-state index in [-0.39, 0.29) is 12.2 Å². The van der Waals surface area contributed by atoms with E-state index in [0.29, 0.717) is 12.4 Å². The third kappa shape index (κ3) is 5.22. The molecule has 0 aromatic heterocycles. The van der Waals surface area contributed by atoms with Gasteiger partial charge in [0.1, 0.15) is 11.3 Å². The fourth-order valence-corrected chi connectivity index (χ4v) is 2.04. The predicted octanol–water partition coefficient (Wildman–Crippen LogP) is 2.92. The largest absolute Gasteiger partial charge is 0.493 e. The first-order chi connectivity index (χ1) is 8.65. The van der Waals surface area contributed by atoms with E-state index in [0.717, 1.165) is 29.3 Å². The Morgan fingerprint density at radius 1 is 1.22 bits per heavy atom. The molecule has 0 amide bonds. The number of aliphatic hydroxyl groups excluding tert-OH is 1. The number of hydrogen-bond acceptors (Lipinski definition) is 3. The fraction of sp³-hybridized carbons (Fsp3) is 0.462. The highest BCUT2D eigenvalue weighted by Gasteiger charge is 2.11. The van der Waals surface area contributed by atoms with Crippen LogP contribution in [0.25, 0.3) is 0 Å². The molecule has 0 aliphatic carbocycles. The van der Waals surface area contributed by atoms with E-state index in [4.69, 9.17) is 14.9 Å². The molecule has 100 valence electrons. The maximum absolute atomic E-state index is 11.0. The third-order valence-corrected chi connectivity index (χ3v) is 3.15. The number of aliphatic hydroxyl groups is 1. The van der Waals surface area contributed by atoms with Crippen LogP contribution >= 0.6 is 22.6 Å². The van der Waals surface area contributed by atoms with Gasteiger partial charge in [0.05, 0.1) is 6.61 Å². The molecule has 2 N–H and O–H groups in total. The lowest BCUT2D eigenvalue weighted by Crippen LogP contribution is -2.05. The van der Waals surface area contributed by atoms with Crippen molar-refractivity contribution in [2.24, 2.45) is 0 Å². The topological polar surface area (TPSA) is 66.8 Å². The summed E-state index contributed by atoms with van der Waals surface area (Å²) < 4.78 is 6.36. The van der Waals surface area contributed by atoms with Crippen molar-refractivity contribution in [1.29, 1.82) is 0 Å². The first-order valence-corrected chi connectivity index (χ1v) is 6.99. The van der Waals surface area contributed by atoms with Crippen LogP contribution in [0.3, 0.4) is 0 Å². The molecular weight excluding hydrogens is 347 g/mol. The molecule has 0 aliphatic rings. The number of carboxylic acids is 1. The van der Waals surface area contributed by atoms with Crippen LogP contribution < -0.4 is 4.74 Å². The van der Waals surface area contributed by atoms with Crippen LogP contribution in [0.15, 0.2) is 18.2 Å². The smallest absolute Gasteiger partial charge is 0.339 e. The van der Waals surface area contributed by atoms with Crippen molar-refractivity contribution in [2.45, 2.75) is 25.7 Å². The molecule has 0 saturated heterocycles. The Morgan fingerprint density at radius 2 is 1.94 bits per heavy atom. The Kier molecular flexibility index (Phi) is 7.04. The van der Waals surface area contributed by atoms with Gasteiger partial charge in [-0.05, 0) is 60.1 Å². The van der Waals surface area contributed by atoms with Crippen molar-refractivity contribution in [2.75, 3.05) is 13.2 Å². The Morgan fingerprint density at radius 3 is 2.61 bits per heavy atom. The number of hydrogen-bond donors (Lipinski definition) is 2. The van der Waals surface area contributed by atoms with Crippen LogP contribution in [0.5, 0.6) is 5.75 Å². The van der Waals surface area contributed by atoms with Gasteiger partial charge in [0.2, 0.25) is 0 Å². The molecule has 0 saturated carbocycles. The third-order valence-electron chi connectivity index (χ3n) is 2.48. The molecule has 0 aliphatic heterocycles. The van der Waals surface area contributed by atoms with E-state index in [2.05, 4.69) is 22.6 Å². The van der Waals surface area contributed by atoms with Crippen LogP contribution in [0.2, 0.25) is 0 Å². The molecule has 0 fully saturated rings. The second-order valence-electron chi connectivity index (χ2n) is 3.93. The molecule has 5 heteroatoms. The minimum absolute atomic E-state index is 0.206. The van der Waals surface area contributed by atoms with Gasteiger partial charge in [0, 0.05) is 10.2 Å². The number of rotatable bonds is 8. The first-order valence-electron chi connectivity index (χ1n) is 5.91. The monoisotopic (exact) mass is 364 g/mol. The lowest BCUT2D eigenvalue weighted by molar-refractivity contribution is 0.0692. The lowest BCUT2D eigenvalue weighted by atomic mass is 10.2. The Labute approximate surface area is 120 Å². The van der Waals surface area contributed by atoms with E-state index in [9.17, 15) is 4.79 Å². The number of aromatic carboxylic acids is 1. The lowest BCUT2D eigenvalue weighted by Gasteiger charge is -2.09. The molecule has 0 atom stereocenters. The van der Waals surface area contributed by atoms with E-state index >= 15 is 0 Å². The second-order valence-corrected chi connectivity index (χ2v) is 5.18. The summed E-state index contributed by atoms with van der Waals surface area (Å²) in [6.07, 6.45) is 3.63. The molecule has 0 unspecified atom stereocenters. The maximum atomic E-state index is 11.0. The zero-order chi connectivity index (χ0) is 13.4. The van der Waals surface area contributed by atoms with Gasteiger partial charge < -0.3 is 14.9 Å². The van der Waals surface area contributed by atoms with E-state index in [1.165, 1.54) is 0 Å². The average molecular weight is 364 g/mol. The highest BCUT2D eigenvalue weighted by molar-refractivity contribution is 14.1. The summed E-state index contributed by atoms with van der Waals surface area (Å²) in [5.74, 6) is -0.547. The summed E-state index contributed by atoms with van der Waals surface area (Å²) in [6, 6.07) is 5.12. The van der Waals surface area contributed by atoms with Gasteiger partial charge in [0.25, 0.3) is 0 Å². The number of halogens is 1. The summed E-state index contributed by atoms with van der Waals surface area (Å²) in [6.45, 7) is 0.730. The zero-order valence-corrected chi connectivity index (χ0v) is 12.2. The van der Waals surface area contributed by atoms with Gasteiger partial charge in [-0.15, -0.1) is 0 Å². The Bertz CT molecular complexity index is 393. The molecule has 0 radical (unpaired) electrons. The summed E-state index contributed by atoms with van der Waals surface area (Å²) in [7, 11) is 0. The van der Waals surface area contributed by atoms with Crippen molar-refractivity contribution in [3.63, 3.8) is 0 Å². The first kappa shape index (κ1) is 15.2. The van der Waals surface area contributed by atoms with Crippen molar-refractivity contribution in [1.82, 2.24) is 0 Å². The molecule has 0 bridgehead atoms. The highest BCUT2D eigenvalue weighted by atomic mass is 127. The molecule has 1 aromatic rings. The second kappa shape index (κ2) is 8.31. The van der Waals surface area contributed by atoms with E-state index < -0.39 is 5.97 Å². The van der Waals surface area contributed by atoms with Gasteiger partial charge in [-0.2, -0.15) is 0 Å². The SMILES string of the molecule is O=C(O)c1cc(I)ccc1OCCCCCCO. The van der Waals surface area contributed by atoms with Gasteiger partial charge in [-0.3, -0.25) is 0 Å². The minimum atomic E-state index is -0.969. The van der Waals surface area contributed by atoms with Gasteiger partial charge in [-0.1, -0.05) is 6.42 Å². The molecular formula is C13H17IO4. The Hall–Kier alpha value is -0.820.